The Hall–Kier alpha value is 0.482. The zero-order chi connectivity index (χ0) is 9.56. The van der Waals surface area contributed by atoms with Crippen molar-refractivity contribution in [2.75, 3.05) is 0 Å². The lowest BCUT2D eigenvalue weighted by molar-refractivity contribution is 0.579. The van der Waals surface area contributed by atoms with Crippen molar-refractivity contribution in [1.82, 2.24) is 0 Å². The van der Waals surface area contributed by atoms with Crippen LogP contribution >= 0.6 is 30.1 Å². The molecular formula is C6H3AlCl3F2. The summed E-state index contributed by atoms with van der Waals surface area (Å²) >= 11 is -1.72. The summed E-state index contributed by atoms with van der Waals surface area (Å²) in [5.41, 5.74) is 0. The monoisotopic (exact) mass is 245 g/mol. The lowest BCUT2D eigenvalue weighted by atomic mass is 10.3. The first-order valence-electron chi connectivity index (χ1n) is 2.78. The van der Waals surface area contributed by atoms with Crippen molar-refractivity contribution in [1.29, 1.82) is 0 Å². The van der Waals surface area contributed by atoms with Gasteiger partial charge < -0.3 is 0 Å². The fourth-order valence-corrected chi connectivity index (χ4v) is 0.414. The first kappa shape index (κ1) is 12.5. The van der Waals surface area contributed by atoms with E-state index in [1.54, 1.807) is 0 Å². The van der Waals surface area contributed by atoms with Crippen LogP contribution in [0.4, 0.5) is 8.78 Å². The molecule has 6 heteroatoms. The van der Waals surface area contributed by atoms with Gasteiger partial charge in [0.25, 0.3) is 0 Å². The first-order chi connectivity index (χ1) is 5.52. The Bertz CT molecular complexity index is 212. The Morgan fingerprint density at radius 1 is 1.08 bits per heavy atom. The number of benzene rings is 1. The van der Waals surface area contributed by atoms with Crippen LogP contribution in [0.25, 0.3) is 0 Å². The van der Waals surface area contributed by atoms with Crippen molar-refractivity contribution >= 4 is 41.5 Å². The van der Waals surface area contributed by atoms with Crippen LogP contribution < -0.4 is 0 Å². The van der Waals surface area contributed by atoms with Crippen LogP contribution in [0.15, 0.2) is 18.2 Å². The standard InChI is InChI=1S/C6H3F2.Al.3ClH/c7-5-2-1-3-6(8)4-5;;;;/h1-3H;;3*1H/q;+3;;;/p-3. The number of halogens is 5. The molecule has 0 heterocycles. The molecule has 0 aliphatic rings. The van der Waals surface area contributed by atoms with Gasteiger partial charge in [-0.15, -0.1) is 0 Å². The highest BCUT2D eigenvalue weighted by Crippen LogP contribution is 1.98. The molecule has 65 valence electrons. The van der Waals surface area contributed by atoms with E-state index in [1.807, 2.05) is 6.07 Å². The molecule has 1 rings (SSSR count). The Labute approximate surface area is 86.0 Å². The van der Waals surface area contributed by atoms with Crippen LogP contribution in [-0.4, -0.2) is 11.4 Å². The van der Waals surface area contributed by atoms with E-state index in [2.05, 4.69) is 0 Å². The zero-order valence-electron chi connectivity index (χ0n) is 5.70. The lowest BCUT2D eigenvalue weighted by Gasteiger charge is -1.83. The largest absolute Gasteiger partial charge is 0.643 e. The maximum Gasteiger partial charge on any atom is 0.643 e. The van der Waals surface area contributed by atoms with Gasteiger partial charge in [-0.3, -0.25) is 0 Å². The molecule has 0 saturated carbocycles. The second-order valence-corrected chi connectivity index (χ2v) is 8.03. The summed E-state index contributed by atoms with van der Waals surface area (Å²) < 4.78 is 23.7. The Morgan fingerprint density at radius 2 is 1.42 bits per heavy atom. The highest BCUT2D eigenvalue weighted by molar-refractivity contribution is 7.54. The van der Waals surface area contributed by atoms with E-state index in [4.69, 9.17) is 30.1 Å². The molecule has 1 aromatic carbocycles. The lowest BCUT2D eigenvalue weighted by Crippen LogP contribution is -1.74. The third kappa shape index (κ3) is 8.58. The van der Waals surface area contributed by atoms with Gasteiger partial charge in [0.15, 0.2) is 0 Å². The van der Waals surface area contributed by atoms with E-state index in [9.17, 15) is 8.78 Å². The molecule has 0 fully saturated rings. The molecule has 0 bridgehead atoms. The number of rotatable bonds is 0. The molecule has 0 aromatic heterocycles. The molecule has 12 heavy (non-hydrogen) atoms. The van der Waals surface area contributed by atoms with Crippen LogP contribution in [0.5, 0.6) is 0 Å². The third-order valence-electron chi connectivity index (χ3n) is 0.724. The number of hydrogen-bond donors (Lipinski definition) is 0. The van der Waals surface area contributed by atoms with Crippen LogP contribution in [-0.2, 0) is 0 Å². The quantitative estimate of drug-likeness (QED) is 0.615. The van der Waals surface area contributed by atoms with Gasteiger partial charge >= 0.3 is 11.4 Å². The van der Waals surface area contributed by atoms with Crippen LogP contribution in [0.1, 0.15) is 0 Å². The van der Waals surface area contributed by atoms with E-state index in [0.717, 1.165) is 12.1 Å². The molecule has 0 aliphatic carbocycles. The Morgan fingerprint density at radius 3 is 1.58 bits per heavy atom. The van der Waals surface area contributed by atoms with Crippen molar-refractivity contribution in [3.63, 3.8) is 0 Å². The highest BCUT2D eigenvalue weighted by Gasteiger charge is 2.00. The highest BCUT2D eigenvalue weighted by atomic mass is 35.8. The Balaban J connectivity index is 0.000000261. The summed E-state index contributed by atoms with van der Waals surface area (Å²) in [4.78, 5) is 0. The minimum atomic E-state index is -1.72. The van der Waals surface area contributed by atoms with Gasteiger partial charge in [-0.25, -0.2) is 38.9 Å². The summed E-state index contributed by atoms with van der Waals surface area (Å²) in [5.74, 6) is -1.32. The zero-order valence-corrected chi connectivity index (χ0v) is 9.12. The maximum absolute atomic E-state index is 11.9. The predicted octanol–water partition coefficient (Wildman–Crippen LogP) is 3.45. The van der Waals surface area contributed by atoms with Gasteiger partial charge in [0.05, 0.1) is 6.07 Å². The molecule has 0 nitrogen and oxygen atoms in total. The van der Waals surface area contributed by atoms with Gasteiger partial charge in [0.2, 0.25) is 0 Å². The van der Waals surface area contributed by atoms with E-state index >= 15 is 0 Å². The van der Waals surface area contributed by atoms with Crippen molar-refractivity contribution in [2.24, 2.45) is 0 Å². The van der Waals surface area contributed by atoms with Crippen molar-refractivity contribution in [2.45, 2.75) is 0 Å². The molecule has 0 unspecified atom stereocenters. The second-order valence-electron chi connectivity index (χ2n) is 1.59. The van der Waals surface area contributed by atoms with E-state index in [-0.39, 0.29) is 0 Å². The average molecular weight is 246 g/mol. The molecule has 0 amide bonds. The van der Waals surface area contributed by atoms with E-state index in [1.165, 1.54) is 6.07 Å². The molecule has 0 atom stereocenters. The molecule has 0 spiro atoms. The summed E-state index contributed by atoms with van der Waals surface area (Å²) in [6.45, 7) is 0. The smallest absolute Gasteiger partial charge is 0.214 e. The number of hydrogen-bond acceptors (Lipinski definition) is 0. The molecule has 0 aliphatic heterocycles. The summed E-state index contributed by atoms with van der Waals surface area (Å²) in [7, 11) is 14.8. The van der Waals surface area contributed by atoms with Gasteiger partial charge in [-0.05, 0) is 12.1 Å². The summed E-state index contributed by atoms with van der Waals surface area (Å²) in [5, 5.41) is 0. The maximum atomic E-state index is 11.9. The summed E-state index contributed by atoms with van der Waals surface area (Å²) in [6.07, 6.45) is 0. The third-order valence-corrected chi connectivity index (χ3v) is 0.724. The van der Waals surface area contributed by atoms with Gasteiger partial charge in [-0.1, -0.05) is 6.07 Å². The van der Waals surface area contributed by atoms with Crippen LogP contribution in [0.2, 0.25) is 0 Å². The first-order valence-corrected chi connectivity index (χ1v) is 8.01. The topological polar surface area (TPSA) is 0 Å². The molecule has 1 aromatic rings. The molecular weight excluding hydrogens is 243 g/mol. The Kier molecular flexibility index (Phi) is 7.22. The molecule has 0 saturated heterocycles. The summed E-state index contributed by atoms with van der Waals surface area (Å²) in [6, 6.07) is 5.41. The van der Waals surface area contributed by atoms with Crippen LogP contribution in [0, 0.1) is 17.7 Å². The predicted molar refractivity (Wildman–Crippen MR) is 48.5 cm³/mol. The average Bonchev–Trinajstić information content (AvgIpc) is 1.84. The second kappa shape index (κ2) is 6.94. The van der Waals surface area contributed by atoms with Gasteiger partial charge in [0, 0.05) is 0 Å². The van der Waals surface area contributed by atoms with Gasteiger partial charge in [0.1, 0.15) is 11.6 Å². The molecule has 0 N–H and O–H groups in total. The molecule has 1 radical (unpaired) electrons. The minimum Gasteiger partial charge on any atom is -0.214 e. The van der Waals surface area contributed by atoms with Crippen molar-refractivity contribution in [3.8, 4) is 0 Å². The SMILES string of the molecule is Fc1[c]c(F)ccc1.[Cl][Al]([Cl])[Cl]. The van der Waals surface area contributed by atoms with E-state index in [0.29, 0.717) is 0 Å². The van der Waals surface area contributed by atoms with E-state index < -0.39 is 23.0 Å². The van der Waals surface area contributed by atoms with Crippen LogP contribution in [0.3, 0.4) is 0 Å². The van der Waals surface area contributed by atoms with Gasteiger partial charge in [-0.2, -0.15) is 0 Å². The van der Waals surface area contributed by atoms with Crippen molar-refractivity contribution in [3.05, 3.63) is 35.9 Å². The fraction of sp³-hybridized carbons (Fsp3) is 0. The van der Waals surface area contributed by atoms with Crippen molar-refractivity contribution < 1.29 is 8.78 Å². The minimum absolute atomic E-state index is 0.662. The normalized spacial score (nSPS) is 8.42. The fourth-order valence-electron chi connectivity index (χ4n) is 0.414.